The minimum atomic E-state index is -1.08. The number of hydrogen-bond donors (Lipinski definition) is 1. The molecule has 116 valence electrons. The van der Waals surface area contributed by atoms with Crippen LogP contribution in [-0.2, 0) is 9.53 Å². The molecule has 1 N–H and O–H groups in total. The third-order valence-corrected chi connectivity index (χ3v) is 4.86. The number of hydrogen-bond acceptors (Lipinski definition) is 4. The van der Waals surface area contributed by atoms with Gasteiger partial charge in [-0.15, -0.1) is 0 Å². The molecule has 0 aliphatic carbocycles. The summed E-state index contributed by atoms with van der Waals surface area (Å²) in [5.74, 6) is -1.02. The van der Waals surface area contributed by atoms with Crippen LogP contribution in [-0.4, -0.2) is 48.3 Å². The van der Waals surface area contributed by atoms with Crippen molar-refractivity contribution in [2.75, 3.05) is 20.7 Å². The zero-order chi connectivity index (χ0) is 15.6. The molecule has 2 rings (SSSR count). The molecule has 0 amide bonds. The number of esters is 1. The molecule has 0 saturated carbocycles. The number of nitrogens with zero attached hydrogens (tertiary/aromatic N) is 1. The Morgan fingerprint density at radius 3 is 2.57 bits per heavy atom. The van der Waals surface area contributed by atoms with E-state index in [1.54, 1.807) is 0 Å². The Balaban J connectivity index is 2.42. The lowest BCUT2D eigenvalue weighted by Gasteiger charge is -2.48. The Bertz CT molecular complexity index is 490. The normalized spacial score (nSPS) is 31.7. The predicted octanol–water partition coefficient (Wildman–Crippen LogP) is 2.03. The number of methoxy groups -OCH3 is 1. The summed E-state index contributed by atoms with van der Waals surface area (Å²) < 4.78 is 4.98. The summed E-state index contributed by atoms with van der Waals surface area (Å²) >= 11 is 0. The van der Waals surface area contributed by atoms with Gasteiger partial charge in [-0.3, -0.25) is 4.79 Å². The minimum Gasteiger partial charge on any atom is -0.468 e. The van der Waals surface area contributed by atoms with Crippen molar-refractivity contribution in [3.8, 4) is 0 Å². The van der Waals surface area contributed by atoms with Gasteiger partial charge in [0.05, 0.1) is 12.7 Å². The van der Waals surface area contributed by atoms with E-state index in [0.717, 1.165) is 12.1 Å². The van der Waals surface area contributed by atoms with Crippen LogP contribution < -0.4 is 0 Å². The lowest BCUT2D eigenvalue weighted by molar-refractivity contribution is -0.159. The molecule has 1 aromatic rings. The van der Waals surface area contributed by atoms with Gasteiger partial charge in [0.2, 0.25) is 0 Å². The topological polar surface area (TPSA) is 49.8 Å². The van der Waals surface area contributed by atoms with E-state index in [1.807, 2.05) is 37.3 Å². The Hall–Kier alpha value is -1.39. The van der Waals surface area contributed by atoms with E-state index in [9.17, 15) is 9.90 Å². The van der Waals surface area contributed by atoms with E-state index >= 15 is 0 Å². The van der Waals surface area contributed by atoms with Crippen LogP contribution in [0.3, 0.4) is 0 Å². The van der Waals surface area contributed by atoms with Crippen molar-refractivity contribution in [1.82, 2.24) is 4.90 Å². The van der Waals surface area contributed by atoms with Crippen LogP contribution in [0, 0.1) is 5.92 Å². The zero-order valence-electron chi connectivity index (χ0n) is 13.2. The Morgan fingerprint density at radius 1 is 1.38 bits per heavy atom. The second-order valence-corrected chi connectivity index (χ2v) is 6.25. The van der Waals surface area contributed by atoms with E-state index in [0.29, 0.717) is 6.42 Å². The van der Waals surface area contributed by atoms with E-state index < -0.39 is 11.5 Å². The monoisotopic (exact) mass is 291 g/mol. The maximum Gasteiger partial charge on any atom is 0.316 e. The van der Waals surface area contributed by atoms with E-state index in [-0.39, 0.29) is 17.9 Å². The second-order valence-electron chi connectivity index (χ2n) is 6.25. The molecular weight excluding hydrogens is 266 g/mol. The van der Waals surface area contributed by atoms with Crippen molar-refractivity contribution in [1.29, 1.82) is 0 Å². The highest BCUT2D eigenvalue weighted by atomic mass is 16.5. The smallest absolute Gasteiger partial charge is 0.316 e. The molecule has 1 aromatic carbocycles. The number of piperidine rings is 1. The van der Waals surface area contributed by atoms with E-state index in [1.165, 1.54) is 7.11 Å². The molecule has 21 heavy (non-hydrogen) atoms. The van der Waals surface area contributed by atoms with Gasteiger partial charge in [0.15, 0.2) is 0 Å². The van der Waals surface area contributed by atoms with Crippen molar-refractivity contribution in [2.45, 2.75) is 37.8 Å². The molecule has 0 bridgehead atoms. The number of likely N-dealkylation sites (tertiary alicyclic amines) is 1. The third-order valence-electron chi connectivity index (χ3n) is 4.86. The minimum absolute atomic E-state index is 0.0111. The van der Waals surface area contributed by atoms with Crippen LogP contribution in [0.1, 0.15) is 31.7 Å². The van der Waals surface area contributed by atoms with Gasteiger partial charge in [0.25, 0.3) is 0 Å². The predicted molar refractivity (Wildman–Crippen MR) is 82.0 cm³/mol. The van der Waals surface area contributed by atoms with E-state index in [4.69, 9.17) is 4.74 Å². The molecule has 1 aliphatic rings. The lowest BCUT2D eigenvalue weighted by atomic mass is 9.68. The van der Waals surface area contributed by atoms with Crippen molar-refractivity contribution >= 4 is 5.97 Å². The molecule has 1 heterocycles. The number of rotatable bonds is 3. The summed E-state index contributed by atoms with van der Waals surface area (Å²) in [5, 5.41) is 11.3. The van der Waals surface area contributed by atoms with Gasteiger partial charge >= 0.3 is 5.97 Å². The number of aliphatic hydroxyl groups is 1. The van der Waals surface area contributed by atoms with Crippen LogP contribution in [0.5, 0.6) is 0 Å². The molecule has 4 atom stereocenters. The maximum atomic E-state index is 12.4. The summed E-state index contributed by atoms with van der Waals surface area (Å²) in [6.07, 6.45) is 0.555. The third kappa shape index (κ3) is 2.97. The fourth-order valence-corrected chi connectivity index (χ4v) is 3.39. The van der Waals surface area contributed by atoms with Crippen LogP contribution in [0.2, 0.25) is 0 Å². The molecule has 1 fully saturated rings. The molecule has 0 radical (unpaired) electrons. The van der Waals surface area contributed by atoms with Crippen LogP contribution >= 0.6 is 0 Å². The SMILES string of the molecule is COC(=O)[C@@H](c1ccccc1)[C@@]1(O)C[C@@H](C)N(C)C[C@@H]1C. The van der Waals surface area contributed by atoms with Crippen molar-refractivity contribution in [3.05, 3.63) is 35.9 Å². The van der Waals surface area contributed by atoms with Crippen molar-refractivity contribution in [3.63, 3.8) is 0 Å². The number of benzene rings is 1. The molecule has 0 aromatic heterocycles. The first-order valence-corrected chi connectivity index (χ1v) is 7.45. The Morgan fingerprint density at radius 2 is 2.00 bits per heavy atom. The highest BCUT2D eigenvalue weighted by molar-refractivity contribution is 5.79. The average Bonchev–Trinajstić information content (AvgIpc) is 2.46. The first-order valence-electron chi connectivity index (χ1n) is 7.45. The van der Waals surface area contributed by atoms with Crippen LogP contribution in [0.15, 0.2) is 30.3 Å². The summed E-state index contributed by atoms with van der Waals surface area (Å²) in [6.45, 7) is 4.84. The fraction of sp³-hybridized carbons (Fsp3) is 0.588. The number of ether oxygens (including phenoxy) is 1. The number of carbonyl (C=O) groups excluding carboxylic acids is 1. The molecular formula is C17H25NO3. The van der Waals surface area contributed by atoms with Gasteiger partial charge < -0.3 is 14.7 Å². The quantitative estimate of drug-likeness (QED) is 0.866. The van der Waals surface area contributed by atoms with Gasteiger partial charge in [0, 0.05) is 12.6 Å². The first kappa shape index (κ1) is 16.0. The first-order chi connectivity index (χ1) is 9.90. The van der Waals surface area contributed by atoms with Gasteiger partial charge in [-0.1, -0.05) is 37.3 Å². The van der Waals surface area contributed by atoms with Gasteiger partial charge in [-0.05, 0) is 31.9 Å². The summed E-state index contributed by atoms with van der Waals surface area (Å²) in [5.41, 5.74) is -0.268. The average molecular weight is 291 g/mol. The second kappa shape index (κ2) is 6.16. The standard InChI is InChI=1S/C17H25NO3/c1-12-11-18(3)13(2)10-17(12,20)15(16(19)21-4)14-8-6-5-7-9-14/h5-9,12-13,15,20H,10-11H2,1-4H3/t12-,13+,15+,17+/m0/s1. The Kier molecular flexibility index (Phi) is 4.69. The summed E-state index contributed by atoms with van der Waals surface area (Å²) in [7, 11) is 3.43. The number of carbonyl (C=O) groups is 1. The van der Waals surface area contributed by atoms with Crippen LogP contribution in [0.25, 0.3) is 0 Å². The maximum absolute atomic E-state index is 12.4. The van der Waals surface area contributed by atoms with Crippen LogP contribution in [0.4, 0.5) is 0 Å². The molecule has 0 unspecified atom stereocenters. The molecule has 4 nitrogen and oxygen atoms in total. The summed E-state index contributed by atoms with van der Waals surface area (Å²) in [6, 6.07) is 9.67. The molecule has 4 heteroatoms. The van der Waals surface area contributed by atoms with Gasteiger partial charge in [-0.25, -0.2) is 0 Å². The Labute approximate surface area is 126 Å². The highest BCUT2D eigenvalue weighted by Gasteiger charge is 2.50. The van der Waals surface area contributed by atoms with Gasteiger partial charge in [0.1, 0.15) is 5.92 Å². The highest BCUT2D eigenvalue weighted by Crippen LogP contribution is 2.42. The fourth-order valence-electron chi connectivity index (χ4n) is 3.39. The van der Waals surface area contributed by atoms with E-state index in [2.05, 4.69) is 18.9 Å². The lowest BCUT2D eigenvalue weighted by Crippen LogP contribution is -2.57. The van der Waals surface area contributed by atoms with Gasteiger partial charge in [-0.2, -0.15) is 0 Å². The largest absolute Gasteiger partial charge is 0.468 e. The molecule has 1 aliphatic heterocycles. The zero-order valence-corrected chi connectivity index (χ0v) is 13.2. The van der Waals surface area contributed by atoms with Crippen molar-refractivity contribution in [2.24, 2.45) is 5.92 Å². The molecule has 0 spiro atoms. The molecule has 1 saturated heterocycles. The van der Waals surface area contributed by atoms with Crippen molar-refractivity contribution < 1.29 is 14.6 Å². The summed E-state index contributed by atoms with van der Waals surface area (Å²) in [4.78, 5) is 14.6.